The number of rotatable bonds is 5. The molecule has 4 rings (SSSR count). The summed E-state index contributed by atoms with van der Waals surface area (Å²) in [6.45, 7) is 1.57. The topological polar surface area (TPSA) is 65.2 Å². The van der Waals surface area contributed by atoms with Gasteiger partial charge in [-0.25, -0.2) is 0 Å². The molecule has 1 aromatic carbocycles. The van der Waals surface area contributed by atoms with Crippen molar-refractivity contribution in [2.45, 2.75) is 37.8 Å². The first kappa shape index (κ1) is 15.5. The molecule has 0 spiro atoms. The predicted molar refractivity (Wildman–Crippen MR) is 93.4 cm³/mol. The monoisotopic (exact) mass is 325 g/mol. The Balaban J connectivity index is 1.40. The number of ketones is 2. The highest BCUT2D eigenvalue weighted by Crippen LogP contribution is 2.29. The quantitative estimate of drug-likeness (QED) is 0.881. The maximum atomic E-state index is 12.7. The Morgan fingerprint density at radius 2 is 2.29 bits per heavy atom. The van der Waals surface area contributed by atoms with Crippen LogP contribution in [-0.2, 0) is 11.2 Å². The first-order valence-corrected chi connectivity index (χ1v) is 8.74. The Morgan fingerprint density at radius 1 is 1.42 bits per heavy atom. The molecule has 2 aliphatic rings. The van der Waals surface area contributed by atoms with Gasteiger partial charge in [0.05, 0.1) is 12.1 Å². The number of H-pyrrole nitrogens is 1. The molecule has 1 saturated heterocycles. The van der Waals surface area contributed by atoms with Crippen molar-refractivity contribution in [3.63, 3.8) is 0 Å². The molecule has 0 radical (unpaired) electrons. The van der Waals surface area contributed by atoms with Crippen molar-refractivity contribution in [3.8, 4) is 0 Å². The normalized spacial score (nSPS) is 24.0. The number of Topliss-reactive ketones (excluding diaryl/α,β-unsaturated/α-hetero) is 2. The molecule has 1 aliphatic carbocycles. The summed E-state index contributed by atoms with van der Waals surface area (Å²) in [4.78, 5) is 30.4. The van der Waals surface area contributed by atoms with E-state index in [2.05, 4.69) is 15.2 Å². The number of benzene rings is 1. The fourth-order valence-electron chi connectivity index (χ4n) is 4.14. The van der Waals surface area contributed by atoms with Crippen LogP contribution in [0.25, 0.3) is 10.9 Å². The van der Waals surface area contributed by atoms with Crippen molar-refractivity contribution < 1.29 is 9.59 Å². The molecule has 2 heterocycles. The summed E-state index contributed by atoms with van der Waals surface area (Å²) >= 11 is 0. The average Bonchev–Trinajstić information content (AvgIpc) is 3.19. The standard InChI is InChI=1S/C19H23N3O2/c1-22-9-3-6-16(22)17(23)7-8-20-15-10-12-11-21-14-5-2-4-13(18(12)14)19(15)24/h2,4-5,11,15-16,20-21H,3,6-10H2,1H3/t15-,16?/m0/s1. The smallest absolute Gasteiger partial charge is 0.180 e. The lowest BCUT2D eigenvalue weighted by Crippen LogP contribution is -2.42. The first-order chi connectivity index (χ1) is 11.6. The van der Waals surface area contributed by atoms with Crippen LogP contribution in [0, 0.1) is 0 Å². The number of likely N-dealkylation sites (N-methyl/N-ethyl adjacent to an activating group) is 1. The number of nitrogens with zero attached hydrogens (tertiary/aromatic N) is 1. The van der Waals surface area contributed by atoms with E-state index in [0.717, 1.165) is 35.9 Å². The first-order valence-electron chi connectivity index (χ1n) is 8.74. The van der Waals surface area contributed by atoms with Gasteiger partial charge >= 0.3 is 0 Å². The van der Waals surface area contributed by atoms with Gasteiger partial charge in [0.25, 0.3) is 0 Å². The predicted octanol–water partition coefficient (Wildman–Crippen LogP) is 1.92. The highest BCUT2D eigenvalue weighted by atomic mass is 16.1. The minimum absolute atomic E-state index is 0.0684. The van der Waals surface area contributed by atoms with Crippen LogP contribution in [-0.4, -0.2) is 53.7 Å². The van der Waals surface area contributed by atoms with E-state index in [1.165, 1.54) is 5.56 Å². The zero-order valence-corrected chi connectivity index (χ0v) is 14.0. The van der Waals surface area contributed by atoms with Crippen LogP contribution in [0.15, 0.2) is 24.4 Å². The second kappa shape index (κ2) is 6.15. The molecule has 5 heteroatoms. The molecule has 1 fully saturated rings. The number of aromatic nitrogens is 1. The Kier molecular flexibility index (Phi) is 3.98. The largest absolute Gasteiger partial charge is 0.361 e. The second-order valence-electron chi connectivity index (χ2n) is 6.97. The van der Waals surface area contributed by atoms with Crippen LogP contribution in [0.4, 0.5) is 0 Å². The van der Waals surface area contributed by atoms with Gasteiger partial charge in [-0.2, -0.15) is 0 Å². The third-order valence-electron chi connectivity index (χ3n) is 5.45. The van der Waals surface area contributed by atoms with Crippen molar-refractivity contribution in [3.05, 3.63) is 35.5 Å². The molecular formula is C19H23N3O2. The van der Waals surface area contributed by atoms with Crippen molar-refractivity contribution in [2.24, 2.45) is 0 Å². The van der Waals surface area contributed by atoms with Crippen LogP contribution in [0.3, 0.4) is 0 Å². The van der Waals surface area contributed by atoms with E-state index in [-0.39, 0.29) is 23.7 Å². The molecule has 1 unspecified atom stereocenters. The molecule has 24 heavy (non-hydrogen) atoms. The minimum atomic E-state index is -0.229. The van der Waals surface area contributed by atoms with E-state index in [1.807, 2.05) is 31.4 Å². The molecule has 2 N–H and O–H groups in total. The summed E-state index contributed by atoms with van der Waals surface area (Å²) < 4.78 is 0. The summed E-state index contributed by atoms with van der Waals surface area (Å²) in [7, 11) is 2.02. The molecule has 1 aromatic heterocycles. The molecule has 5 nitrogen and oxygen atoms in total. The molecule has 0 bridgehead atoms. The maximum absolute atomic E-state index is 12.7. The Labute approximate surface area is 141 Å². The van der Waals surface area contributed by atoms with E-state index < -0.39 is 0 Å². The zero-order chi connectivity index (χ0) is 16.7. The summed E-state index contributed by atoms with van der Waals surface area (Å²) in [5.74, 6) is 0.424. The lowest BCUT2D eigenvalue weighted by molar-refractivity contribution is -0.122. The lowest BCUT2D eigenvalue weighted by Gasteiger charge is -2.23. The van der Waals surface area contributed by atoms with E-state index >= 15 is 0 Å². The highest BCUT2D eigenvalue weighted by Gasteiger charge is 2.30. The molecular weight excluding hydrogens is 302 g/mol. The number of hydrogen-bond acceptors (Lipinski definition) is 4. The van der Waals surface area contributed by atoms with E-state index in [4.69, 9.17) is 0 Å². The summed E-state index contributed by atoms with van der Waals surface area (Å²) in [5.41, 5.74) is 2.99. The maximum Gasteiger partial charge on any atom is 0.180 e. The molecule has 1 aliphatic heterocycles. The van der Waals surface area contributed by atoms with Crippen molar-refractivity contribution >= 4 is 22.5 Å². The molecule has 126 valence electrons. The van der Waals surface area contributed by atoms with E-state index in [9.17, 15) is 9.59 Å². The Hall–Kier alpha value is -1.98. The number of likely N-dealkylation sites (tertiary alicyclic amines) is 1. The van der Waals surface area contributed by atoms with Crippen LogP contribution < -0.4 is 5.32 Å². The fourth-order valence-corrected chi connectivity index (χ4v) is 4.14. The highest BCUT2D eigenvalue weighted by molar-refractivity contribution is 6.13. The van der Waals surface area contributed by atoms with Gasteiger partial charge in [0.2, 0.25) is 0 Å². The van der Waals surface area contributed by atoms with Gasteiger partial charge < -0.3 is 10.3 Å². The summed E-state index contributed by atoms with van der Waals surface area (Å²) in [5, 5.41) is 4.37. The number of nitrogens with one attached hydrogen (secondary N) is 2. The van der Waals surface area contributed by atoms with Gasteiger partial charge in [-0.1, -0.05) is 12.1 Å². The van der Waals surface area contributed by atoms with Crippen LogP contribution >= 0.6 is 0 Å². The Morgan fingerprint density at radius 3 is 3.08 bits per heavy atom. The van der Waals surface area contributed by atoms with Gasteiger partial charge in [-0.15, -0.1) is 0 Å². The van der Waals surface area contributed by atoms with Gasteiger partial charge in [0.1, 0.15) is 0 Å². The van der Waals surface area contributed by atoms with Crippen LogP contribution in [0.5, 0.6) is 0 Å². The lowest BCUT2D eigenvalue weighted by atomic mass is 9.88. The second-order valence-corrected chi connectivity index (χ2v) is 6.97. The number of aromatic amines is 1. The van der Waals surface area contributed by atoms with Crippen LogP contribution in [0.1, 0.15) is 35.2 Å². The molecule has 2 atom stereocenters. The number of carbonyl (C=O) groups excluding carboxylic acids is 2. The number of carbonyl (C=O) groups is 2. The van der Waals surface area contributed by atoms with Crippen molar-refractivity contribution in [2.75, 3.05) is 20.1 Å². The average molecular weight is 325 g/mol. The van der Waals surface area contributed by atoms with Crippen molar-refractivity contribution in [1.29, 1.82) is 0 Å². The van der Waals surface area contributed by atoms with Crippen LogP contribution in [0.2, 0.25) is 0 Å². The zero-order valence-electron chi connectivity index (χ0n) is 14.0. The summed E-state index contributed by atoms with van der Waals surface area (Å²) in [6.07, 6.45) is 5.23. The number of hydrogen-bond donors (Lipinski definition) is 2. The molecule has 0 amide bonds. The Bertz CT molecular complexity index is 795. The summed E-state index contributed by atoms with van der Waals surface area (Å²) in [6, 6.07) is 5.65. The van der Waals surface area contributed by atoms with E-state index in [0.29, 0.717) is 19.4 Å². The minimum Gasteiger partial charge on any atom is -0.361 e. The third kappa shape index (κ3) is 2.58. The van der Waals surface area contributed by atoms with Gasteiger partial charge in [-0.3, -0.25) is 14.5 Å². The van der Waals surface area contributed by atoms with Gasteiger partial charge in [-0.05, 0) is 44.5 Å². The van der Waals surface area contributed by atoms with Gasteiger partial charge in [0, 0.05) is 35.6 Å². The fraction of sp³-hybridized carbons (Fsp3) is 0.474. The van der Waals surface area contributed by atoms with Crippen molar-refractivity contribution in [1.82, 2.24) is 15.2 Å². The molecule has 0 saturated carbocycles. The SMILES string of the molecule is CN1CCCC1C(=O)CCN[C@H]1Cc2c[nH]c3cccc(c23)C1=O. The van der Waals surface area contributed by atoms with Gasteiger partial charge in [0.15, 0.2) is 11.6 Å². The van der Waals surface area contributed by atoms with E-state index in [1.54, 1.807) is 0 Å². The third-order valence-corrected chi connectivity index (χ3v) is 5.45. The molecule has 2 aromatic rings.